The smallest absolute Gasteiger partial charge is 0.275 e. The Bertz CT molecular complexity index is 1160. The van der Waals surface area contributed by atoms with E-state index in [4.69, 9.17) is 16.7 Å². The molecule has 0 spiro atoms. The maximum atomic E-state index is 13.1. The first-order valence-corrected chi connectivity index (χ1v) is 10.8. The van der Waals surface area contributed by atoms with Crippen LogP contribution in [0.4, 0.5) is 0 Å². The summed E-state index contributed by atoms with van der Waals surface area (Å²) in [6, 6.07) is 15.6. The average Bonchev–Trinajstić information content (AvgIpc) is 3.36. The summed E-state index contributed by atoms with van der Waals surface area (Å²) in [4.78, 5) is 17.4. The zero-order valence-corrected chi connectivity index (χ0v) is 17.4. The van der Waals surface area contributed by atoms with Crippen molar-refractivity contribution in [2.75, 3.05) is 6.54 Å². The van der Waals surface area contributed by atoms with Gasteiger partial charge in [-0.15, -0.1) is 29.3 Å². The van der Waals surface area contributed by atoms with Crippen molar-refractivity contribution in [2.45, 2.75) is 13.2 Å². The van der Waals surface area contributed by atoms with Gasteiger partial charge in [-0.3, -0.25) is 9.69 Å². The number of aromatic nitrogens is 2. The van der Waals surface area contributed by atoms with Crippen molar-refractivity contribution in [1.82, 2.24) is 14.7 Å². The fourth-order valence-electron chi connectivity index (χ4n) is 3.13. The van der Waals surface area contributed by atoms with Gasteiger partial charge in [-0.1, -0.05) is 41.9 Å². The molecule has 0 radical (unpaired) electrons. The van der Waals surface area contributed by atoms with Gasteiger partial charge in [-0.2, -0.15) is 5.10 Å². The minimum Gasteiger partial charge on any atom is -0.275 e. The van der Waals surface area contributed by atoms with E-state index < -0.39 is 0 Å². The highest BCUT2D eigenvalue weighted by Crippen LogP contribution is 2.28. The van der Waals surface area contributed by atoms with Gasteiger partial charge in [0.05, 0.1) is 21.3 Å². The van der Waals surface area contributed by atoms with Crippen LogP contribution in [0.1, 0.15) is 4.88 Å². The molecule has 142 valence electrons. The van der Waals surface area contributed by atoms with Gasteiger partial charge in [0.2, 0.25) is 0 Å². The first kappa shape index (κ1) is 19.1. The second-order valence-electron chi connectivity index (χ2n) is 6.32. The van der Waals surface area contributed by atoms with Crippen molar-refractivity contribution in [1.29, 1.82) is 0 Å². The lowest BCUT2D eigenvalue weighted by atomic mass is 10.1. The molecule has 4 rings (SSSR count). The quantitative estimate of drug-likeness (QED) is 0.366. The SMILES string of the molecule is C=CCN(Cc1ccc(Cl)s1)Cn1nc(-c2cccs2)c2ccccc2c1=O. The van der Waals surface area contributed by atoms with E-state index in [1.165, 1.54) is 0 Å². The van der Waals surface area contributed by atoms with Crippen LogP contribution in [-0.2, 0) is 13.2 Å². The molecule has 0 amide bonds. The molecule has 0 fully saturated rings. The molecule has 0 aliphatic carbocycles. The number of hydrogen-bond donors (Lipinski definition) is 0. The van der Waals surface area contributed by atoms with Gasteiger partial charge < -0.3 is 0 Å². The van der Waals surface area contributed by atoms with Crippen molar-refractivity contribution in [3.05, 3.63) is 86.1 Å². The van der Waals surface area contributed by atoms with Crippen molar-refractivity contribution in [3.8, 4) is 10.6 Å². The van der Waals surface area contributed by atoms with Crippen molar-refractivity contribution >= 4 is 45.0 Å². The predicted octanol–water partition coefficient (Wildman–Crippen LogP) is 5.49. The second kappa shape index (κ2) is 8.41. The van der Waals surface area contributed by atoms with Gasteiger partial charge in [0.25, 0.3) is 5.56 Å². The molecule has 28 heavy (non-hydrogen) atoms. The average molecular weight is 428 g/mol. The van der Waals surface area contributed by atoms with E-state index in [0.29, 0.717) is 25.1 Å². The van der Waals surface area contributed by atoms with Crippen LogP contribution in [0.25, 0.3) is 21.3 Å². The molecule has 4 aromatic rings. The summed E-state index contributed by atoms with van der Waals surface area (Å²) in [7, 11) is 0. The number of benzene rings is 1. The monoisotopic (exact) mass is 427 g/mol. The third-order valence-electron chi connectivity index (χ3n) is 4.35. The summed E-state index contributed by atoms with van der Waals surface area (Å²) in [5.74, 6) is 0. The lowest BCUT2D eigenvalue weighted by Crippen LogP contribution is -2.34. The Hall–Kier alpha value is -2.25. The third-order valence-corrected chi connectivity index (χ3v) is 6.44. The number of fused-ring (bicyclic) bond motifs is 1. The van der Waals surface area contributed by atoms with Crippen LogP contribution in [-0.4, -0.2) is 21.2 Å². The van der Waals surface area contributed by atoms with Crippen LogP contribution < -0.4 is 5.56 Å². The van der Waals surface area contributed by atoms with Gasteiger partial charge in [0.15, 0.2) is 0 Å². The minimum absolute atomic E-state index is 0.0887. The number of halogens is 1. The standard InChI is InChI=1S/C21H18ClN3OS2/c1-2-11-24(13-15-9-10-19(22)28-15)14-25-21(26)17-7-4-3-6-16(17)20(23-25)18-8-5-12-27-18/h2-10,12H,1,11,13-14H2. The molecule has 0 saturated heterocycles. The van der Waals surface area contributed by atoms with Gasteiger partial charge >= 0.3 is 0 Å². The summed E-state index contributed by atoms with van der Waals surface area (Å²) >= 11 is 9.23. The molecular weight excluding hydrogens is 410 g/mol. The number of rotatable bonds is 7. The van der Waals surface area contributed by atoms with Gasteiger partial charge in [-0.05, 0) is 29.6 Å². The van der Waals surface area contributed by atoms with Crippen molar-refractivity contribution in [2.24, 2.45) is 0 Å². The zero-order chi connectivity index (χ0) is 19.5. The Balaban J connectivity index is 1.75. The van der Waals surface area contributed by atoms with Crippen LogP contribution in [0.2, 0.25) is 4.34 Å². The lowest BCUT2D eigenvalue weighted by molar-refractivity contribution is 0.218. The van der Waals surface area contributed by atoms with E-state index >= 15 is 0 Å². The molecule has 0 saturated carbocycles. The maximum absolute atomic E-state index is 13.1. The van der Waals surface area contributed by atoms with E-state index in [2.05, 4.69) is 11.5 Å². The molecule has 0 bridgehead atoms. The highest BCUT2D eigenvalue weighted by Gasteiger charge is 2.15. The fourth-order valence-corrected chi connectivity index (χ4v) is 4.98. The molecule has 0 N–H and O–H groups in total. The van der Waals surface area contributed by atoms with Crippen molar-refractivity contribution < 1.29 is 0 Å². The summed E-state index contributed by atoms with van der Waals surface area (Å²) in [5, 5.41) is 8.31. The summed E-state index contributed by atoms with van der Waals surface area (Å²) in [5.41, 5.74) is 0.747. The highest BCUT2D eigenvalue weighted by atomic mass is 35.5. The Morgan fingerprint density at radius 1 is 1.14 bits per heavy atom. The van der Waals surface area contributed by atoms with E-state index in [-0.39, 0.29) is 5.56 Å². The van der Waals surface area contributed by atoms with E-state index in [0.717, 1.165) is 25.2 Å². The zero-order valence-electron chi connectivity index (χ0n) is 15.0. The van der Waals surface area contributed by atoms with Gasteiger partial charge in [-0.25, -0.2) is 4.68 Å². The molecule has 0 aliphatic rings. The largest absolute Gasteiger partial charge is 0.275 e. The van der Waals surface area contributed by atoms with E-state index in [9.17, 15) is 4.79 Å². The van der Waals surface area contributed by atoms with Gasteiger partial charge in [0, 0.05) is 23.4 Å². The first-order valence-electron chi connectivity index (χ1n) is 8.77. The van der Waals surface area contributed by atoms with Crippen LogP contribution in [0, 0.1) is 0 Å². The molecular formula is C21H18ClN3OS2. The third kappa shape index (κ3) is 3.95. The molecule has 0 atom stereocenters. The van der Waals surface area contributed by atoms with Crippen LogP contribution >= 0.6 is 34.3 Å². The second-order valence-corrected chi connectivity index (χ2v) is 9.07. The van der Waals surface area contributed by atoms with Crippen molar-refractivity contribution in [3.63, 3.8) is 0 Å². The number of thiophene rings is 2. The van der Waals surface area contributed by atoms with E-state index in [1.807, 2.05) is 60.0 Å². The Labute approximate surface area is 175 Å². The van der Waals surface area contributed by atoms with Crippen LogP contribution in [0.5, 0.6) is 0 Å². The Morgan fingerprint density at radius 3 is 2.64 bits per heavy atom. The molecule has 0 unspecified atom stereocenters. The first-order chi connectivity index (χ1) is 13.7. The van der Waals surface area contributed by atoms with Crippen LogP contribution in [0.15, 0.2) is 71.4 Å². The normalized spacial score (nSPS) is 11.4. The minimum atomic E-state index is -0.0887. The summed E-state index contributed by atoms with van der Waals surface area (Å²) in [6.45, 7) is 5.55. The van der Waals surface area contributed by atoms with E-state index in [1.54, 1.807) is 27.4 Å². The molecule has 7 heteroatoms. The Kier molecular flexibility index (Phi) is 5.73. The van der Waals surface area contributed by atoms with Crippen LogP contribution in [0.3, 0.4) is 0 Å². The maximum Gasteiger partial charge on any atom is 0.275 e. The summed E-state index contributed by atoms with van der Waals surface area (Å²) in [6.07, 6.45) is 1.83. The molecule has 0 aliphatic heterocycles. The number of nitrogens with zero attached hydrogens (tertiary/aromatic N) is 3. The molecule has 3 aromatic heterocycles. The fraction of sp³-hybridized carbons (Fsp3) is 0.143. The molecule has 3 heterocycles. The molecule has 1 aromatic carbocycles. The lowest BCUT2D eigenvalue weighted by Gasteiger charge is -2.21. The molecule has 4 nitrogen and oxygen atoms in total. The Morgan fingerprint density at radius 2 is 1.96 bits per heavy atom. The summed E-state index contributed by atoms with van der Waals surface area (Å²) < 4.78 is 2.31. The number of hydrogen-bond acceptors (Lipinski definition) is 5. The van der Waals surface area contributed by atoms with Gasteiger partial charge in [0.1, 0.15) is 5.69 Å². The topological polar surface area (TPSA) is 38.1 Å². The predicted molar refractivity (Wildman–Crippen MR) is 119 cm³/mol. The highest BCUT2D eigenvalue weighted by molar-refractivity contribution is 7.16.